The summed E-state index contributed by atoms with van der Waals surface area (Å²) in [4.78, 5) is 12.0. The number of amides is 1. The highest BCUT2D eigenvalue weighted by atomic mass is 19.1. The molecule has 0 fully saturated rings. The Labute approximate surface area is 121 Å². The maximum absolute atomic E-state index is 13.7. The van der Waals surface area contributed by atoms with Gasteiger partial charge >= 0.3 is 0 Å². The summed E-state index contributed by atoms with van der Waals surface area (Å²) in [6.45, 7) is 2.08. The highest BCUT2D eigenvalue weighted by Crippen LogP contribution is 2.19. The minimum atomic E-state index is -0.920. The van der Waals surface area contributed by atoms with Gasteiger partial charge in [-0.3, -0.25) is 4.79 Å². The van der Waals surface area contributed by atoms with E-state index in [9.17, 15) is 13.6 Å². The number of carbonyl (C=O) groups excluding carboxylic acids is 1. The van der Waals surface area contributed by atoms with Crippen molar-refractivity contribution in [3.05, 3.63) is 59.2 Å². The summed E-state index contributed by atoms with van der Waals surface area (Å²) in [5.74, 6) is -2.41. The van der Waals surface area contributed by atoms with Crippen LogP contribution in [-0.2, 0) is 6.42 Å². The van der Waals surface area contributed by atoms with Gasteiger partial charge in [0.15, 0.2) is 5.82 Å². The second-order valence-corrected chi connectivity index (χ2v) is 4.76. The minimum Gasteiger partial charge on any atom is -0.396 e. The molecule has 110 valence electrons. The number of rotatable bonds is 4. The third-order valence-electron chi connectivity index (χ3n) is 3.06. The first kappa shape index (κ1) is 15.0. The fourth-order valence-corrected chi connectivity index (χ4v) is 2.02. The van der Waals surface area contributed by atoms with Crippen molar-refractivity contribution in [1.82, 2.24) is 0 Å². The summed E-state index contributed by atoms with van der Waals surface area (Å²) in [5.41, 5.74) is 6.17. The number of aryl methyl sites for hydroxylation is 1. The minimum absolute atomic E-state index is 0.390. The van der Waals surface area contributed by atoms with E-state index in [0.29, 0.717) is 5.69 Å². The van der Waals surface area contributed by atoms with Crippen LogP contribution in [0.2, 0.25) is 0 Å². The van der Waals surface area contributed by atoms with Gasteiger partial charge in [-0.05, 0) is 36.2 Å². The van der Waals surface area contributed by atoms with E-state index >= 15 is 0 Å². The first-order valence-corrected chi connectivity index (χ1v) is 6.66. The molecule has 2 aromatic rings. The molecule has 3 N–H and O–H groups in total. The molecule has 1 amide bonds. The Morgan fingerprint density at radius 3 is 2.48 bits per heavy atom. The van der Waals surface area contributed by atoms with Crippen molar-refractivity contribution in [2.45, 2.75) is 19.8 Å². The fourth-order valence-electron chi connectivity index (χ4n) is 2.02. The molecule has 21 heavy (non-hydrogen) atoms. The number of carbonyl (C=O) groups is 1. The number of halogens is 2. The van der Waals surface area contributed by atoms with Gasteiger partial charge < -0.3 is 11.1 Å². The molecular weight excluding hydrogens is 274 g/mol. The molecule has 0 aliphatic heterocycles. The molecule has 0 aliphatic carbocycles. The maximum Gasteiger partial charge on any atom is 0.258 e. The van der Waals surface area contributed by atoms with Crippen LogP contribution in [0.5, 0.6) is 0 Å². The first-order chi connectivity index (χ1) is 10.0. The number of hydrogen-bond donors (Lipinski definition) is 2. The molecule has 0 unspecified atom stereocenters. The van der Waals surface area contributed by atoms with Crippen molar-refractivity contribution in [3.63, 3.8) is 0 Å². The molecule has 0 atom stereocenters. The molecule has 0 heterocycles. The Bertz CT molecular complexity index is 654. The van der Waals surface area contributed by atoms with Crippen molar-refractivity contribution < 1.29 is 13.6 Å². The van der Waals surface area contributed by atoms with Crippen LogP contribution in [0.15, 0.2) is 36.4 Å². The summed E-state index contributed by atoms with van der Waals surface area (Å²) in [6.07, 6.45) is 1.97. The van der Waals surface area contributed by atoms with E-state index in [1.165, 1.54) is 0 Å². The van der Waals surface area contributed by atoms with Gasteiger partial charge in [-0.15, -0.1) is 0 Å². The monoisotopic (exact) mass is 290 g/mol. The number of nitrogen functional groups attached to an aromatic ring is 1. The summed E-state index contributed by atoms with van der Waals surface area (Å²) < 4.78 is 27.0. The van der Waals surface area contributed by atoms with Crippen LogP contribution in [0.3, 0.4) is 0 Å². The lowest BCUT2D eigenvalue weighted by Crippen LogP contribution is -2.15. The van der Waals surface area contributed by atoms with Gasteiger partial charge in [0.2, 0.25) is 0 Å². The normalized spacial score (nSPS) is 10.4. The topological polar surface area (TPSA) is 55.1 Å². The van der Waals surface area contributed by atoms with Crippen LogP contribution < -0.4 is 11.1 Å². The van der Waals surface area contributed by atoms with Gasteiger partial charge in [-0.2, -0.15) is 0 Å². The lowest BCUT2D eigenvalue weighted by molar-refractivity contribution is 0.102. The lowest BCUT2D eigenvalue weighted by atomic mass is 10.1. The lowest BCUT2D eigenvalue weighted by Gasteiger charge is -2.08. The zero-order valence-electron chi connectivity index (χ0n) is 11.6. The van der Waals surface area contributed by atoms with Crippen molar-refractivity contribution in [1.29, 1.82) is 0 Å². The quantitative estimate of drug-likeness (QED) is 0.842. The second kappa shape index (κ2) is 6.35. The Balaban J connectivity index is 2.18. The molecule has 2 rings (SSSR count). The van der Waals surface area contributed by atoms with Crippen LogP contribution in [0.1, 0.15) is 29.3 Å². The third-order valence-corrected chi connectivity index (χ3v) is 3.06. The van der Waals surface area contributed by atoms with Crippen LogP contribution in [0, 0.1) is 11.6 Å². The van der Waals surface area contributed by atoms with Gasteiger partial charge in [0.05, 0.1) is 11.3 Å². The average molecular weight is 290 g/mol. The van der Waals surface area contributed by atoms with Gasteiger partial charge in [0.1, 0.15) is 5.82 Å². The zero-order chi connectivity index (χ0) is 15.4. The SMILES string of the molecule is CCCc1ccc(NC(=O)c2cc(F)cc(N)c2F)cc1. The molecule has 0 saturated heterocycles. The molecule has 5 heteroatoms. The van der Waals surface area contributed by atoms with Crippen LogP contribution in [0.25, 0.3) is 0 Å². The highest BCUT2D eigenvalue weighted by molar-refractivity contribution is 6.05. The Morgan fingerprint density at radius 2 is 1.86 bits per heavy atom. The predicted octanol–water partition coefficient (Wildman–Crippen LogP) is 3.75. The molecule has 0 radical (unpaired) electrons. The van der Waals surface area contributed by atoms with Gasteiger partial charge in [-0.25, -0.2) is 8.78 Å². The molecule has 0 aliphatic rings. The summed E-state index contributed by atoms with van der Waals surface area (Å²) in [5, 5.41) is 2.52. The van der Waals surface area contributed by atoms with E-state index in [0.717, 1.165) is 30.5 Å². The third kappa shape index (κ3) is 3.56. The van der Waals surface area contributed by atoms with E-state index < -0.39 is 28.8 Å². The maximum atomic E-state index is 13.7. The van der Waals surface area contributed by atoms with Crippen molar-refractivity contribution >= 4 is 17.3 Å². The van der Waals surface area contributed by atoms with E-state index in [1.807, 2.05) is 12.1 Å². The predicted molar refractivity (Wildman–Crippen MR) is 79.2 cm³/mol. The van der Waals surface area contributed by atoms with E-state index in [1.54, 1.807) is 12.1 Å². The smallest absolute Gasteiger partial charge is 0.258 e. The van der Waals surface area contributed by atoms with Crippen LogP contribution in [0.4, 0.5) is 20.2 Å². The fraction of sp³-hybridized carbons (Fsp3) is 0.188. The highest BCUT2D eigenvalue weighted by Gasteiger charge is 2.16. The van der Waals surface area contributed by atoms with Gasteiger partial charge in [0.25, 0.3) is 5.91 Å². The van der Waals surface area contributed by atoms with E-state index in [2.05, 4.69) is 12.2 Å². The average Bonchev–Trinajstić information content (AvgIpc) is 2.45. The van der Waals surface area contributed by atoms with Crippen molar-refractivity contribution in [2.24, 2.45) is 0 Å². The van der Waals surface area contributed by atoms with Crippen LogP contribution in [-0.4, -0.2) is 5.91 Å². The van der Waals surface area contributed by atoms with Crippen LogP contribution >= 0.6 is 0 Å². The Kier molecular flexibility index (Phi) is 4.52. The molecule has 0 bridgehead atoms. The first-order valence-electron chi connectivity index (χ1n) is 6.66. The van der Waals surface area contributed by atoms with Crippen molar-refractivity contribution in [3.8, 4) is 0 Å². The van der Waals surface area contributed by atoms with Crippen molar-refractivity contribution in [2.75, 3.05) is 11.1 Å². The molecular formula is C16H16F2N2O. The molecule has 0 aromatic heterocycles. The number of nitrogens with two attached hydrogens (primary N) is 1. The Morgan fingerprint density at radius 1 is 1.19 bits per heavy atom. The molecule has 3 nitrogen and oxygen atoms in total. The number of anilines is 2. The largest absolute Gasteiger partial charge is 0.396 e. The number of hydrogen-bond acceptors (Lipinski definition) is 2. The molecule has 2 aromatic carbocycles. The Hall–Kier alpha value is -2.43. The van der Waals surface area contributed by atoms with E-state index in [4.69, 9.17) is 5.73 Å². The second-order valence-electron chi connectivity index (χ2n) is 4.76. The van der Waals surface area contributed by atoms with Gasteiger partial charge in [0, 0.05) is 5.69 Å². The van der Waals surface area contributed by atoms with E-state index in [-0.39, 0.29) is 0 Å². The van der Waals surface area contributed by atoms with Gasteiger partial charge in [-0.1, -0.05) is 25.5 Å². The number of nitrogens with one attached hydrogen (secondary N) is 1. The standard InChI is InChI=1S/C16H16F2N2O/c1-2-3-10-4-6-12(7-5-10)20-16(21)13-8-11(17)9-14(19)15(13)18/h4-9H,2-3,19H2,1H3,(H,20,21). The molecule has 0 spiro atoms. The summed E-state index contributed by atoms with van der Waals surface area (Å²) in [7, 11) is 0. The number of benzene rings is 2. The zero-order valence-corrected chi connectivity index (χ0v) is 11.6. The molecule has 0 saturated carbocycles. The summed E-state index contributed by atoms with van der Waals surface area (Å²) >= 11 is 0. The summed E-state index contributed by atoms with van der Waals surface area (Å²) in [6, 6.07) is 8.88.